The second-order valence-corrected chi connectivity index (χ2v) is 4.76. The summed E-state index contributed by atoms with van der Waals surface area (Å²) in [6.07, 6.45) is 0.660. The molecule has 1 unspecified atom stereocenters. The molecule has 0 saturated heterocycles. The Balaban J connectivity index is 2.22. The summed E-state index contributed by atoms with van der Waals surface area (Å²) in [7, 11) is 0. The summed E-state index contributed by atoms with van der Waals surface area (Å²) in [6.45, 7) is 4.19. The summed E-state index contributed by atoms with van der Waals surface area (Å²) in [6, 6.07) is 7.48. The van der Waals surface area contributed by atoms with Crippen LogP contribution in [0.3, 0.4) is 0 Å². The van der Waals surface area contributed by atoms with E-state index in [1.807, 2.05) is 38.1 Å². The van der Waals surface area contributed by atoms with E-state index < -0.39 is 0 Å². The number of nitrogens with one attached hydrogen (secondary N) is 2. The van der Waals surface area contributed by atoms with E-state index in [-0.39, 0.29) is 11.8 Å². The number of carbonyl (C=O) groups is 1. The van der Waals surface area contributed by atoms with Crippen LogP contribution in [0.2, 0.25) is 0 Å². The zero-order valence-corrected chi connectivity index (χ0v) is 11.7. The van der Waals surface area contributed by atoms with Gasteiger partial charge in [0.05, 0.1) is 5.69 Å². The highest BCUT2D eigenvalue weighted by Gasteiger charge is 2.15. The highest BCUT2D eigenvalue weighted by Crippen LogP contribution is 2.25. The topological polar surface area (TPSA) is 96.7 Å². The molecule has 2 rings (SSSR count). The standard InChI is InChI=1S/C14H19N5O/c1-9(7-8-15)14(20)17-12-6-4-3-5-11(12)13-16-10(2)18-19-13/h3-6,9H,7-8,15H2,1-2H3,(H,17,20)(H,16,18,19). The predicted molar refractivity (Wildman–Crippen MR) is 78.0 cm³/mol. The maximum atomic E-state index is 12.1. The highest BCUT2D eigenvalue weighted by atomic mass is 16.1. The second-order valence-electron chi connectivity index (χ2n) is 4.76. The van der Waals surface area contributed by atoms with Crippen molar-refractivity contribution in [1.29, 1.82) is 0 Å². The highest BCUT2D eigenvalue weighted by molar-refractivity contribution is 5.95. The SMILES string of the molecule is Cc1nc(-c2ccccc2NC(=O)C(C)CCN)n[nH]1. The first-order chi connectivity index (χ1) is 9.61. The number of carbonyl (C=O) groups excluding carboxylic acids is 1. The van der Waals surface area contributed by atoms with Crippen LogP contribution in [0.25, 0.3) is 11.4 Å². The van der Waals surface area contributed by atoms with Gasteiger partial charge in [0, 0.05) is 11.5 Å². The van der Waals surface area contributed by atoms with Gasteiger partial charge in [0.15, 0.2) is 5.82 Å². The number of nitrogens with two attached hydrogens (primary N) is 1. The third-order valence-corrected chi connectivity index (χ3v) is 3.07. The van der Waals surface area contributed by atoms with E-state index in [0.717, 1.165) is 11.4 Å². The summed E-state index contributed by atoms with van der Waals surface area (Å²) in [5.74, 6) is 1.14. The number of hydrogen-bond donors (Lipinski definition) is 3. The number of rotatable bonds is 5. The molecule has 106 valence electrons. The van der Waals surface area contributed by atoms with E-state index in [1.165, 1.54) is 0 Å². The van der Waals surface area contributed by atoms with Crippen molar-refractivity contribution in [2.24, 2.45) is 11.7 Å². The quantitative estimate of drug-likeness (QED) is 0.772. The summed E-state index contributed by atoms with van der Waals surface area (Å²) >= 11 is 0. The van der Waals surface area contributed by atoms with Crippen molar-refractivity contribution in [3.63, 3.8) is 0 Å². The Morgan fingerprint density at radius 1 is 1.45 bits per heavy atom. The van der Waals surface area contributed by atoms with Gasteiger partial charge in [-0.25, -0.2) is 4.98 Å². The molecule has 1 heterocycles. The third-order valence-electron chi connectivity index (χ3n) is 3.07. The molecule has 4 N–H and O–H groups in total. The molecule has 2 aromatic rings. The molecular weight excluding hydrogens is 254 g/mol. The van der Waals surface area contributed by atoms with E-state index in [0.29, 0.717) is 24.5 Å². The molecule has 1 amide bonds. The molecule has 20 heavy (non-hydrogen) atoms. The molecule has 1 aromatic carbocycles. The van der Waals surface area contributed by atoms with E-state index in [9.17, 15) is 4.79 Å². The normalized spacial score (nSPS) is 12.2. The van der Waals surface area contributed by atoms with Gasteiger partial charge in [0.2, 0.25) is 5.91 Å². The zero-order chi connectivity index (χ0) is 14.5. The largest absolute Gasteiger partial charge is 0.330 e. The van der Waals surface area contributed by atoms with Gasteiger partial charge in [-0.2, -0.15) is 5.10 Å². The first-order valence-corrected chi connectivity index (χ1v) is 6.61. The van der Waals surface area contributed by atoms with E-state index in [1.54, 1.807) is 0 Å². The molecule has 6 nitrogen and oxygen atoms in total. The van der Waals surface area contributed by atoms with Crippen LogP contribution in [0.5, 0.6) is 0 Å². The number of hydrogen-bond acceptors (Lipinski definition) is 4. The first kappa shape index (κ1) is 14.2. The van der Waals surface area contributed by atoms with Gasteiger partial charge in [0.1, 0.15) is 5.82 Å². The number of aromatic amines is 1. The van der Waals surface area contributed by atoms with Crippen molar-refractivity contribution in [3.8, 4) is 11.4 Å². The van der Waals surface area contributed by atoms with Crippen LogP contribution in [-0.2, 0) is 4.79 Å². The number of anilines is 1. The molecule has 6 heteroatoms. The third kappa shape index (κ3) is 3.21. The number of para-hydroxylation sites is 1. The van der Waals surface area contributed by atoms with E-state index in [4.69, 9.17) is 5.73 Å². The minimum atomic E-state index is -0.123. The van der Waals surface area contributed by atoms with Crippen LogP contribution >= 0.6 is 0 Å². The van der Waals surface area contributed by atoms with E-state index >= 15 is 0 Å². The van der Waals surface area contributed by atoms with Gasteiger partial charge in [0.25, 0.3) is 0 Å². The zero-order valence-electron chi connectivity index (χ0n) is 11.7. The molecule has 0 aliphatic rings. The maximum absolute atomic E-state index is 12.1. The lowest BCUT2D eigenvalue weighted by atomic mass is 10.1. The van der Waals surface area contributed by atoms with Crippen LogP contribution in [0.4, 0.5) is 5.69 Å². The fourth-order valence-electron chi connectivity index (χ4n) is 1.89. The van der Waals surface area contributed by atoms with Crippen LogP contribution in [0.1, 0.15) is 19.2 Å². The predicted octanol–water partition coefficient (Wildman–Crippen LogP) is 1.70. The Labute approximate surface area is 117 Å². The molecule has 0 radical (unpaired) electrons. The molecule has 1 aromatic heterocycles. The number of benzene rings is 1. The summed E-state index contributed by atoms with van der Waals surface area (Å²) in [4.78, 5) is 16.4. The first-order valence-electron chi connectivity index (χ1n) is 6.61. The monoisotopic (exact) mass is 273 g/mol. The molecule has 1 atom stereocenters. The van der Waals surface area contributed by atoms with Gasteiger partial charge in [-0.1, -0.05) is 19.1 Å². The molecule has 0 bridgehead atoms. The van der Waals surface area contributed by atoms with Crippen molar-refractivity contribution in [2.45, 2.75) is 20.3 Å². The number of amides is 1. The second kappa shape index (κ2) is 6.29. The lowest BCUT2D eigenvalue weighted by Gasteiger charge is -2.13. The van der Waals surface area contributed by atoms with Crippen LogP contribution in [-0.4, -0.2) is 27.6 Å². The fraction of sp³-hybridized carbons (Fsp3) is 0.357. The summed E-state index contributed by atoms with van der Waals surface area (Å²) in [5, 5.41) is 9.84. The van der Waals surface area contributed by atoms with Crippen LogP contribution in [0.15, 0.2) is 24.3 Å². The van der Waals surface area contributed by atoms with Crippen molar-refractivity contribution < 1.29 is 4.79 Å². The smallest absolute Gasteiger partial charge is 0.227 e. The Kier molecular flexibility index (Phi) is 4.47. The van der Waals surface area contributed by atoms with Crippen molar-refractivity contribution in [1.82, 2.24) is 15.2 Å². The summed E-state index contributed by atoms with van der Waals surface area (Å²) in [5.41, 5.74) is 6.99. The lowest BCUT2D eigenvalue weighted by molar-refractivity contribution is -0.119. The Hall–Kier alpha value is -2.21. The fourth-order valence-corrected chi connectivity index (χ4v) is 1.89. The Morgan fingerprint density at radius 2 is 2.20 bits per heavy atom. The molecule has 0 aliphatic heterocycles. The van der Waals surface area contributed by atoms with Gasteiger partial charge in [-0.15, -0.1) is 0 Å². The molecule has 0 fully saturated rings. The average molecular weight is 273 g/mol. The van der Waals surface area contributed by atoms with Gasteiger partial charge in [-0.05, 0) is 32.0 Å². The van der Waals surface area contributed by atoms with Gasteiger partial charge < -0.3 is 11.1 Å². The van der Waals surface area contributed by atoms with E-state index in [2.05, 4.69) is 20.5 Å². The van der Waals surface area contributed by atoms with Crippen LogP contribution in [0, 0.1) is 12.8 Å². The molecule has 0 spiro atoms. The minimum Gasteiger partial charge on any atom is -0.330 e. The molecular formula is C14H19N5O. The van der Waals surface area contributed by atoms with Crippen molar-refractivity contribution in [2.75, 3.05) is 11.9 Å². The summed E-state index contributed by atoms with van der Waals surface area (Å²) < 4.78 is 0. The Bertz CT molecular complexity index is 593. The molecule has 0 saturated carbocycles. The van der Waals surface area contributed by atoms with Gasteiger partial charge in [-0.3, -0.25) is 9.89 Å². The average Bonchev–Trinajstić information content (AvgIpc) is 2.86. The number of aromatic nitrogens is 3. The maximum Gasteiger partial charge on any atom is 0.227 e. The lowest BCUT2D eigenvalue weighted by Crippen LogP contribution is -2.23. The molecule has 0 aliphatic carbocycles. The Morgan fingerprint density at radius 3 is 2.85 bits per heavy atom. The van der Waals surface area contributed by atoms with Crippen LogP contribution < -0.4 is 11.1 Å². The van der Waals surface area contributed by atoms with Crippen molar-refractivity contribution >= 4 is 11.6 Å². The minimum absolute atomic E-state index is 0.0462. The number of H-pyrrole nitrogens is 1. The number of nitrogens with zero attached hydrogens (tertiary/aromatic N) is 2. The number of aryl methyl sites for hydroxylation is 1. The van der Waals surface area contributed by atoms with Gasteiger partial charge >= 0.3 is 0 Å². The van der Waals surface area contributed by atoms with Crippen molar-refractivity contribution in [3.05, 3.63) is 30.1 Å².